The molecule has 1 N–H and O–H groups in total. The van der Waals surface area contributed by atoms with Gasteiger partial charge in [-0.1, -0.05) is 31.3 Å². The molecule has 1 aromatic carbocycles. The lowest BCUT2D eigenvalue weighted by molar-refractivity contribution is 0.248. The van der Waals surface area contributed by atoms with Crippen LogP contribution in [0, 0.1) is 6.92 Å². The van der Waals surface area contributed by atoms with Gasteiger partial charge in [-0.05, 0) is 37.1 Å². The van der Waals surface area contributed by atoms with Crippen molar-refractivity contribution in [2.45, 2.75) is 56.4 Å². The number of nitrogens with one attached hydrogen (secondary N) is 1. The summed E-state index contributed by atoms with van der Waals surface area (Å²) in [6, 6.07) is 5.90. The van der Waals surface area contributed by atoms with Crippen LogP contribution < -0.4 is 9.46 Å². The van der Waals surface area contributed by atoms with E-state index in [0.29, 0.717) is 30.3 Å². The largest absolute Gasteiger partial charge is 0.493 e. The SMILES string of the molecule is CCS(=O)(=O)CCOc1ccc(S(=O)(=O)NC2(c3noc(C)n3)CCCCC2)cc1. The van der Waals surface area contributed by atoms with E-state index in [9.17, 15) is 16.8 Å². The Balaban J connectivity index is 1.74. The monoisotopic (exact) mass is 457 g/mol. The third kappa shape index (κ3) is 5.38. The fourth-order valence-electron chi connectivity index (χ4n) is 3.48. The zero-order chi connectivity index (χ0) is 21.8. The van der Waals surface area contributed by atoms with Gasteiger partial charge in [-0.3, -0.25) is 0 Å². The Bertz CT molecular complexity index is 1060. The number of hydrogen-bond acceptors (Lipinski definition) is 8. The average Bonchev–Trinajstić information content (AvgIpc) is 3.16. The number of sulfonamides is 1. The maximum Gasteiger partial charge on any atom is 0.241 e. The zero-order valence-corrected chi connectivity index (χ0v) is 18.8. The van der Waals surface area contributed by atoms with E-state index < -0.39 is 25.4 Å². The topological polar surface area (TPSA) is 128 Å². The molecule has 9 nitrogen and oxygen atoms in total. The van der Waals surface area contributed by atoms with Crippen molar-refractivity contribution in [3.05, 3.63) is 36.0 Å². The van der Waals surface area contributed by atoms with Crippen LogP contribution in [0.1, 0.15) is 50.7 Å². The number of aromatic nitrogens is 2. The molecule has 0 bridgehead atoms. The van der Waals surface area contributed by atoms with Crippen molar-refractivity contribution >= 4 is 19.9 Å². The fourth-order valence-corrected chi connectivity index (χ4v) is 5.53. The molecule has 1 aromatic heterocycles. The van der Waals surface area contributed by atoms with Crippen LogP contribution in [0.15, 0.2) is 33.7 Å². The molecule has 11 heteroatoms. The van der Waals surface area contributed by atoms with E-state index >= 15 is 0 Å². The first-order valence-corrected chi connectivity index (χ1v) is 13.2. The molecule has 3 rings (SSSR count). The first-order chi connectivity index (χ1) is 14.2. The van der Waals surface area contributed by atoms with Crippen LogP contribution in [0.3, 0.4) is 0 Å². The normalized spacial score (nSPS) is 17.0. The lowest BCUT2D eigenvalue weighted by Crippen LogP contribution is -2.47. The molecule has 1 aliphatic rings. The number of rotatable bonds is 9. The number of ether oxygens (including phenoxy) is 1. The molecule has 1 saturated carbocycles. The number of aryl methyl sites for hydroxylation is 1. The Kier molecular flexibility index (Phi) is 6.83. The molecular weight excluding hydrogens is 430 g/mol. The van der Waals surface area contributed by atoms with Crippen molar-refractivity contribution in [2.24, 2.45) is 0 Å². The Morgan fingerprint density at radius 1 is 1.10 bits per heavy atom. The van der Waals surface area contributed by atoms with Gasteiger partial charge in [0.05, 0.1) is 16.2 Å². The highest BCUT2D eigenvalue weighted by Crippen LogP contribution is 2.37. The molecule has 0 amide bonds. The number of benzene rings is 1. The highest BCUT2D eigenvalue weighted by atomic mass is 32.2. The zero-order valence-electron chi connectivity index (χ0n) is 17.1. The summed E-state index contributed by atoms with van der Waals surface area (Å²) in [5.74, 6) is 1.13. The molecule has 1 fully saturated rings. The highest BCUT2D eigenvalue weighted by molar-refractivity contribution is 7.91. The van der Waals surface area contributed by atoms with E-state index in [2.05, 4.69) is 14.9 Å². The summed E-state index contributed by atoms with van der Waals surface area (Å²) in [5, 5.41) is 3.98. The second-order valence-electron chi connectivity index (χ2n) is 7.44. The van der Waals surface area contributed by atoms with Crippen molar-refractivity contribution < 1.29 is 26.1 Å². The predicted molar refractivity (Wildman–Crippen MR) is 110 cm³/mol. The van der Waals surface area contributed by atoms with Crippen LogP contribution in [0.25, 0.3) is 0 Å². The molecule has 1 heterocycles. The van der Waals surface area contributed by atoms with Gasteiger partial charge < -0.3 is 9.26 Å². The summed E-state index contributed by atoms with van der Waals surface area (Å²) in [6.45, 7) is 3.27. The van der Waals surface area contributed by atoms with Gasteiger partial charge in [0.1, 0.15) is 12.4 Å². The van der Waals surface area contributed by atoms with Crippen molar-refractivity contribution in [3.63, 3.8) is 0 Å². The molecule has 0 atom stereocenters. The maximum atomic E-state index is 13.1. The van der Waals surface area contributed by atoms with E-state index in [1.165, 1.54) is 24.3 Å². The summed E-state index contributed by atoms with van der Waals surface area (Å²) < 4.78 is 62.5. The van der Waals surface area contributed by atoms with Gasteiger partial charge in [0.15, 0.2) is 15.7 Å². The van der Waals surface area contributed by atoms with Crippen LogP contribution in [0.4, 0.5) is 0 Å². The molecule has 0 radical (unpaired) electrons. The second kappa shape index (κ2) is 9.03. The van der Waals surface area contributed by atoms with Crippen molar-refractivity contribution in [1.29, 1.82) is 0 Å². The third-order valence-corrected chi connectivity index (χ3v) is 8.45. The van der Waals surface area contributed by atoms with Crippen LogP contribution in [-0.4, -0.2) is 45.1 Å². The minimum Gasteiger partial charge on any atom is -0.493 e. The molecule has 0 saturated heterocycles. The predicted octanol–water partition coefficient (Wildman–Crippen LogP) is 2.33. The molecule has 0 spiro atoms. The van der Waals surface area contributed by atoms with Crippen LogP contribution in [-0.2, 0) is 25.4 Å². The Labute approximate surface area is 177 Å². The summed E-state index contributed by atoms with van der Waals surface area (Å²) in [7, 11) is -6.96. The lowest BCUT2D eigenvalue weighted by Gasteiger charge is -2.34. The molecular formula is C19H27N3O6S2. The van der Waals surface area contributed by atoms with Gasteiger partial charge in [0.2, 0.25) is 15.9 Å². The number of sulfone groups is 1. The first-order valence-electron chi connectivity index (χ1n) is 9.94. The van der Waals surface area contributed by atoms with Gasteiger partial charge in [0, 0.05) is 12.7 Å². The van der Waals surface area contributed by atoms with Crippen LogP contribution >= 0.6 is 0 Å². The van der Waals surface area contributed by atoms with Crippen molar-refractivity contribution in [3.8, 4) is 5.75 Å². The number of nitrogens with zero attached hydrogens (tertiary/aromatic N) is 2. The maximum absolute atomic E-state index is 13.1. The summed E-state index contributed by atoms with van der Waals surface area (Å²) in [4.78, 5) is 4.37. The van der Waals surface area contributed by atoms with Gasteiger partial charge in [0.25, 0.3) is 0 Å². The Hall–Kier alpha value is -1.98. The Morgan fingerprint density at radius 3 is 2.33 bits per heavy atom. The average molecular weight is 458 g/mol. The van der Waals surface area contributed by atoms with E-state index in [0.717, 1.165) is 19.3 Å². The summed E-state index contributed by atoms with van der Waals surface area (Å²) in [5.41, 5.74) is -0.890. The van der Waals surface area contributed by atoms with Gasteiger partial charge >= 0.3 is 0 Å². The van der Waals surface area contributed by atoms with Gasteiger partial charge in [-0.2, -0.15) is 9.71 Å². The van der Waals surface area contributed by atoms with E-state index in [4.69, 9.17) is 9.26 Å². The third-order valence-electron chi connectivity index (χ3n) is 5.23. The van der Waals surface area contributed by atoms with E-state index in [1.54, 1.807) is 13.8 Å². The quantitative estimate of drug-likeness (QED) is 0.607. The molecule has 1 aliphatic carbocycles. The first kappa shape index (κ1) is 22.7. The molecule has 30 heavy (non-hydrogen) atoms. The molecule has 2 aromatic rings. The smallest absolute Gasteiger partial charge is 0.241 e. The molecule has 166 valence electrons. The minimum atomic E-state index is -3.84. The fraction of sp³-hybridized carbons (Fsp3) is 0.579. The molecule has 0 unspecified atom stereocenters. The lowest BCUT2D eigenvalue weighted by atomic mass is 9.82. The minimum absolute atomic E-state index is 0.0147. The number of hydrogen-bond donors (Lipinski definition) is 1. The van der Waals surface area contributed by atoms with Crippen LogP contribution in [0.5, 0.6) is 5.75 Å². The van der Waals surface area contributed by atoms with Gasteiger partial charge in [-0.25, -0.2) is 16.8 Å². The summed E-state index contributed by atoms with van der Waals surface area (Å²) in [6.07, 6.45) is 3.95. The van der Waals surface area contributed by atoms with Crippen molar-refractivity contribution in [2.75, 3.05) is 18.1 Å². The van der Waals surface area contributed by atoms with Crippen LogP contribution in [0.2, 0.25) is 0 Å². The Morgan fingerprint density at radius 2 is 1.77 bits per heavy atom. The van der Waals surface area contributed by atoms with E-state index in [1.807, 2.05) is 0 Å². The van der Waals surface area contributed by atoms with E-state index in [-0.39, 0.29) is 23.0 Å². The standard InChI is InChI=1S/C19H27N3O6S2/c1-3-29(23,24)14-13-27-16-7-9-17(10-8-16)30(25,26)22-19(11-5-4-6-12-19)18-20-15(2)28-21-18/h7-10,22H,3-6,11-14H2,1-2H3. The van der Waals surface area contributed by atoms with Gasteiger partial charge in [-0.15, -0.1) is 0 Å². The highest BCUT2D eigenvalue weighted by Gasteiger charge is 2.42. The van der Waals surface area contributed by atoms with Crippen molar-refractivity contribution in [1.82, 2.24) is 14.9 Å². The summed E-state index contributed by atoms with van der Waals surface area (Å²) >= 11 is 0. The molecule has 0 aliphatic heterocycles. The second-order valence-corrected chi connectivity index (χ2v) is 11.6.